The zero-order valence-electron chi connectivity index (χ0n) is 12.0. The van der Waals surface area contributed by atoms with Crippen molar-refractivity contribution in [3.63, 3.8) is 0 Å². The number of carbonyl (C=O) groups is 3. The Hall–Kier alpha value is -2.44. The molecule has 8 heteroatoms. The van der Waals surface area contributed by atoms with Crippen LogP contribution >= 0.6 is 23.2 Å². The number of halogens is 3. The Kier molecular flexibility index (Phi) is 4.26. The van der Waals surface area contributed by atoms with Gasteiger partial charge in [-0.2, -0.15) is 0 Å². The first-order valence-corrected chi connectivity index (χ1v) is 7.53. The number of anilines is 1. The zero-order chi connectivity index (χ0) is 17.4. The molecule has 0 spiro atoms. The lowest BCUT2D eigenvalue weighted by atomic mass is 10.1. The predicted molar refractivity (Wildman–Crippen MR) is 86.9 cm³/mol. The summed E-state index contributed by atoms with van der Waals surface area (Å²) in [6.45, 7) is -0.536. The van der Waals surface area contributed by atoms with E-state index in [9.17, 15) is 18.8 Å². The number of fused-ring (bicyclic) bond motifs is 1. The van der Waals surface area contributed by atoms with Gasteiger partial charge >= 0.3 is 0 Å². The second kappa shape index (κ2) is 6.22. The van der Waals surface area contributed by atoms with Crippen molar-refractivity contribution in [2.24, 2.45) is 0 Å². The highest BCUT2D eigenvalue weighted by Crippen LogP contribution is 2.26. The van der Waals surface area contributed by atoms with Gasteiger partial charge in [0, 0.05) is 5.69 Å². The van der Waals surface area contributed by atoms with E-state index < -0.39 is 30.1 Å². The first-order chi connectivity index (χ1) is 11.4. The quantitative estimate of drug-likeness (QED) is 0.846. The standard InChI is InChI=1S/C16H9Cl2FN2O3/c17-10-5-4-8(6-11(10)18)20-13(22)7-21-15(23)9-2-1-3-12(19)14(9)16(21)24/h1-6H,7H2,(H,20,22). The molecule has 0 fully saturated rings. The summed E-state index contributed by atoms with van der Waals surface area (Å²) in [5, 5.41) is 3.07. The van der Waals surface area contributed by atoms with Crippen LogP contribution in [0.4, 0.5) is 10.1 Å². The van der Waals surface area contributed by atoms with Crippen LogP contribution < -0.4 is 5.32 Å². The van der Waals surface area contributed by atoms with E-state index >= 15 is 0 Å². The van der Waals surface area contributed by atoms with Crippen molar-refractivity contribution in [3.8, 4) is 0 Å². The average Bonchev–Trinajstić information content (AvgIpc) is 2.77. The summed E-state index contributed by atoms with van der Waals surface area (Å²) in [4.78, 5) is 37.1. The highest BCUT2D eigenvalue weighted by molar-refractivity contribution is 6.42. The van der Waals surface area contributed by atoms with E-state index in [1.54, 1.807) is 0 Å². The van der Waals surface area contributed by atoms with E-state index in [4.69, 9.17) is 23.2 Å². The van der Waals surface area contributed by atoms with E-state index in [0.29, 0.717) is 15.6 Å². The van der Waals surface area contributed by atoms with Gasteiger partial charge in [0.05, 0.1) is 21.2 Å². The van der Waals surface area contributed by atoms with Gasteiger partial charge in [-0.3, -0.25) is 19.3 Å². The maximum atomic E-state index is 13.7. The summed E-state index contributed by atoms with van der Waals surface area (Å²) in [7, 11) is 0. The van der Waals surface area contributed by atoms with E-state index in [2.05, 4.69) is 5.32 Å². The predicted octanol–water partition coefficient (Wildman–Crippen LogP) is 3.37. The molecule has 2 aromatic rings. The number of amides is 3. The highest BCUT2D eigenvalue weighted by atomic mass is 35.5. The summed E-state index contributed by atoms with van der Waals surface area (Å²) < 4.78 is 13.7. The number of nitrogens with zero attached hydrogens (tertiary/aromatic N) is 1. The third-order valence-corrected chi connectivity index (χ3v) is 4.19. The molecule has 0 radical (unpaired) electrons. The molecule has 1 aliphatic rings. The topological polar surface area (TPSA) is 66.5 Å². The molecular formula is C16H9Cl2FN2O3. The minimum absolute atomic E-state index is 0.0534. The van der Waals surface area contributed by atoms with Gasteiger partial charge in [0.25, 0.3) is 11.8 Å². The average molecular weight is 367 g/mol. The SMILES string of the molecule is O=C(CN1C(=O)c2cccc(F)c2C1=O)Nc1ccc(Cl)c(Cl)c1. The molecular weight excluding hydrogens is 358 g/mol. The van der Waals surface area contributed by atoms with Crippen molar-refractivity contribution in [2.75, 3.05) is 11.9 Å². The number of hydrogen-bond donors (Lipinski definition) is 1. The molecule has 3 amide bonds. The van der Waals surface area contributed by atoms with E-state index in [0.717, 1.165) is 6.07 Å². The zero-order valence-corrected chi connectivity index (χ0v) is 13.5. The second-order valence-corrected chi connectivity index (χ2v) is 5.85. The lowest BCUT2D eigenvalue weighted by Gasteiger charge is -2.13. The number of nitrogens with one attached hydrogen (secondary N) is 1. The highest BCUT2D eigenvalue weighted by Gasteiger charge is 2.38. The normalized spacial score (nSPS) is 13.2. The van der Waals surface area contributed by atoms with Crippen LogP contribution in [-0.2, 0) is 4.79 Å². The number of hydrogen-bond acceptors (Lipinski definition) is 3. The molecule has 0 aliphatic carbocycles. The maximum Gasteiger partial charge on any atom is 0.265 e. The van der Waals surface area contributed by atoms with E-state index in [-0.39, 0.29) is 16.1 Å². The molecule has 1 aliphatic heterocycles. The summed E-state index contributed by atoms with van der Waals surface area (Å²) in [5.74, 6) is -2.96. The van der Waals surface area contributed by atoms with Crippen molar-refractivity contribution in [1.82, 2.24) is 4.90 Å². The molecule has 24 heavy (non-hydrogen) atoms. The fraction of sp³-hybridized carbons (Fsp3) is 0.0625. The fourth-order valence-electron chi connectivity index (χ4n) is 2.35. The molecule has 3 rings (SSSR count). The van der Waals surface area contributed by atoms with Crippen molar-refractivity contribution < 1.29 is 18.8 Å². The largest absolute Gasteiger partial charge is 0.324 e. The summed E-state index contributed by atoms with van der Waals surface area (Å²) in [5.41, 5.74) is -0.00985. The Morgan fingerprint density at radius 2 is 1.83 bits per heavy atom. The van der Waals surface area contributed by atoms with Gasteiger partial charge in [-0.1, -0.05) is 29.3 Å². The molecule has 2 aromatic carbocycles. The molecule has 1 N–H and O–H groups in total. The fourth-order valence-corrected chi connectivity index (χ4v) is 2.65. The summed E-state index contributed by atoms with van der Waals surface area (Å²) in [6, 6.07) is 8.21. The second-order valence-electron chi connectivity index (χ2n) is 5.04. The van der Waals surface area contributed by atoms with Gasteiger partial charge in [-0.15, -0.1) is 0 Å². The van der Waals surface area contributed by atoms with Crippen LogP contribution in [0.5, 0.6) is 0 Å². The first-order valence-electron chi connectivity index (χ1n) is 6.78. The molecule has 0 unspecified atom stereocenters. The summed E-state index contributed by atoms with van der Waals surface area (Å²) >= 11 is 11.6. The van der Waals surface area contributed by atoms with Gasteiger partial charge in [0.1, 0.15) is 12.4 Å². The lowest BCUT2D eigenvalue weighted by Crippen LogP contribution is -2.37. The van der Waals surface area contributed by atoms with Crippen LogP contribution in [0.25, 0.3) is 0 Å². The first kappa shape index (κ1) is 16.4. The molecule has 5 nitrogen and oxygen atoms in total. The minimum atomic E-state index is -0.836. The molecule has 0 saturated carbocycles. The number of rotatable bonds is 3. The van der Waals surface area contributed by atoms with Crippen LogP contribution in [0.15, 0.2) is 36.4 Å². The van der Waals surface area contributed by atoms with Crippen LogP contribution in [0.2, 0.25) is 10.0 Å². The smallest absolute Gasteiger partial charge is 0.265 e. The van der Waals surface area contributed by atoms with Gasteiger partial charge in [-0.25, -0.2) is 4.39 Å². The summed E-state index contributed by atoms with van der Waals surface area (Å²) in [6.07, 6.45) is 0. The van der Waals surface area contributed by atoms with Crippen LogP contribution in [0.3, 0.4) is 0 Å². The maximum absolute atomic E-state index is 13.7. The number of carbonyl (C=O) groups excluding carboxylic acids is 3. The Morgan fingerprint density at radius 1 is 1.08 bits per heavy atom. The molecule has 0 saturated heterocycles. The van der Waals surface area contributed by atoms with Gasteiger partial charge in [0.2, 0.25) is 5.91 Å². The monoisotopic (exact) mass is 366 g/mol. The van der Waals surface area contributed by atoms with Gasteiger partial charge in [-0.05, 0) is 30.3 Å². The number of benzene rings is 2. The Bertz CT molecular complexity index is 886. The molecule has 1 heterocycles. The molecule has 122 valence electrons. The third-order valence-electron chi connectivity index (χ3n) is 3.45. The van der Waals surface area contributed by atoms with Gasteiger partial charge in [0.15, 0.2) is 0 Å². The lowest BCUT2D eigenvalue weighted by molar-refractivity contribution is -0.116. The van der Waals surface area contributed by atoms with Crippen molar-refractivity contribution in [2.45, 2.75) is 0 Å². The van der Waals surface area contributed by atoms with Crippen LogP contribution in [0, 0.1) is 5.82 Å². The minimum Gasteiger partial charge on any atom is -0.324 e. The van der Waals surface area contributed by atoms with Crippen LogP contribution in [-0.4, -0.2) is 29.2 Å². The van der Waals surface area contributed by atoms with Crippen molar-refractivity contribution in [3.05, 3.63) is 63.4 Å². The van der Waals surface area contributed by atoms with Crippen molar-refractivity contribution in [1.29, 1.82) is 0 Å². The Morgan fingerprint density at radius 3 is 2.50 bits per heavy atom. The molecule has 0 aromatic heterocycles. The third kappa shape index (κ3) is 2.86. The Balaban J connectivity index is 1.76. The molecule has 0 atom stereocenters. The van der Waals surface area contributed by atoms with E-state index in [1.807, 2.05) is 0 Å². The van der Waals surface area contributed by atoms with E-state index in [1.165, 1.54) is 30.3 Å². The van der Waals surface area contributed by atoms with Crippen LogP contribution in [0.1, 0.15) is 20.7 Å². The number of imide groups is 1. The molecule has 0 bridgehead atoms. The van der Waals surface area contributed by atoms with Gasteiger partial charge < -0.3 is 5.32 Å². The Labute approximate surface area is 146 Å². The van der Waals surface area contributed by atoms with Crippen molar-refractivity contribution >= 4 is 46.6 Å².